The number of carboxylic acid groups (broad SMARTS) is 1. The van der Waals surface area contributed by atoms with E-state index in [0.717, 1.165) is 121 Å². The molecule has 0 fully saturated rings. The summed E-state index contributed by atoms with van der Waals surface area (Å²) in [6.07, 6.45) is 4.87. The third kappa shape index (κ3) is 17.7. The van der Waals surface area contributed by atoms with E-state index < -0.39 is 12.9 Å². The van der Waals surface area contributed by atoms with Crippen molar-refractivity contribution in [2.75, 3.05) is 13.2 Å². The van der Waals surface area contributed by atoms with Crippen molar-refractivity contribution in [3.8, 4) is 45.0 Å². The third-order valence-electron chi connectivity index (χ3n) is 15.3. The lowest BCUT2D eigenvalue weighted by molar-refractivity contribution is -0.134. The van der Waals surface area contributed by atoms with E-state index in [4.69, 9.17) is 21.1 Å². The van der Waals surface area contributed by atoms with Gasteiger partial charge in [0, 0.05) is 87.6 Å². The number of halogens is 1. The maximum atomic E-state index is 12.1. The number of fused-ring (bicyclic) bond motifs is 20. The molecule has 4 aliphatic carbocycles. The lowest BCUT2D eigenvalue weighted by Gasteiger charge is -2.06. The van der Waals surface area contributed by atoms with Gasteiger partial charge in [-0.2, -0.15) is 0 Å². The van der Waals surface area contributed by atoms with E-state index in [1.165, 1.54) is 50.9 Å². The Labute approximate surface area is 568 Å². The van der Waals surface area contributed by atoms with Crippen LogP contribution < -0.4 is 22.2 Å². The molecule has 0 saturated carbocycles. The minimum atomic E-state index is -3.22. The van der Waals surface area contributed by atoms with Crippen molar-refractivity contribution >= 4 is 67.2 Å². The van der Waals surface area contributed by atoms with Crippen molar-refractivity contribution in [1.29, 1.82) is 0 Å². The fraction of sp³-hybridized carbons (Fsp3) is 0.247. The molecule has 0 spiro atoms. The standard InChI is InChI=1S/4C16H11NO.C4H10ClO3P.C3H8.C2H4O2.4C2H6/c4*18-16-13-8-4-3-7-12(13)14-9-10-5-1-2-6-11(10)15(14)17-16;1-3-7-9(5,6)8-4-2;1-3-2;1-2(3)4;4*1-2/h4*1-8H,9H2,(H,17,18);3-4H2,1-2H3;3H2,1-2H3;1H3,(H,3,4);4*1-2H3. The average Bonchev–Trinajstić information content (AvgIpc) is 1.62. The Bertz CT molecular complexity index is 4310. The van der Waals surface area contributed by atoms with Crippen molar-refractivity contribution in [2.24, 2.45) is 0 Å². The Morgan fingerprint density at radius 3 is 0.719 bits per heavy atom. The molecule has 15 heteroatoms. The molecule has 0 amide bonds. The number of hydrogen-bond acceptors (Lipinski definition) is 8. The van der Waals surface area contributed by atoms with Crippen LogP contribution in [-0.4, -0.2) is 44.2 Å². The number of H-pyrrole nitrogens is 4. The molecule has 0 atom stereocenters. The Kier molecular flexibility index (Phi) is 29.1. The number of nitrogens with one attached hydrogen (secondary N) is 4. The molecule has 500 valence electrons. The van der Waals surface area contributed by atoms with Gasteiger partial charge in [-0.1, -0.05) is 246 Å². The number of aromatic nitrogens is 4. The van der Waals surface area contributed by atoms with E-state index in [2.05, 4.69) is 91.4 Å². The molecule has 4 aromatic heterocycles. The zero-order valence-electron chi connectivity index (χ0n) is 57.5. The maximum Gasteiger partial charge on any atom is 0.424 e. The molecule has 0 bridgehead atoms. The largest absolute Gasteiger partial charge is 0.481 e. The second kappa shape index (κ2) is 37.0. The molecule has 13 nitrogen and oxygen atoms in total. The molecule has 4 heterocycles. The fourth-order valence-corrected chi connectivity index (χ4v) is 13.1. The molecule has 0 saturated heterocycles. The maximum absolute atomic E-state index is 12.1. The predicted molar refractivity (Wildman–Crippen MR) is 403 cm³/mol. The van der Waals surface area contributed by atoms with Gasteiger partial charge in [-0.05, 0) is 104 Å². The molecule has 96 heavy (non-hydrogen) atoms. The number of pyridine rings is 4. The van der Waals surface area contributed by atoms with Gasteiger partial charge in [0.2, 0.25) is 0 Å². The van der Waals surface area contributed by atoms with E-state index in [0.29, 0.717) is 13.2 Å². The van der Waals surface area contributed by atoms with Crippen molar-refractivity contribution in [3.63, 3.8) is 0 Å². The second-order valence-electron chi connectivity index (χ2n) is 21.2. The molecular weight excluding hydrogens is 1240 g/mol. The highest BCUT2D eigenvalue weighted by atomic mass is 35.7. The summed E-state index contributed by atoms with van der Waals surface area (Å²) in [5, 5.41) is 14.8. The summed E-state index contributed by atoms with van der Waals surface area (Å²) < 4.78 is 19.9. The summed E-state index contributed by atoms with van der Waals surface area (Å²) in [5.41, 5.74) is 18.8. The topological polar surface area (TPSA) is 204 Å². The van der Waals surface area contributed by atoms with Crippen LogP contribution in [0.15, 0.2) is 213 Å². The highest BCUT2D eigenvalue weighted by molar-refractivity contribution is 7.81. The molecule has 5 N–H and O–H groups in total. The average molecular weight is 1330 g/mol. The van der Waals surface area contributed by atoms with E-state index in [1.54, 1.807) is 13.8 Å². The lowest BCUT2D eigenvalue weighted by atomic mass is 10.0. The number of aliphatic carboxylic acids is 1. The van der Waals surface area contributed by atoms with Crippen LogP contribution in [0.4, 0.5) is 0 Å². The van der Waals surface area contributed by atoms with E-state index in [1.807, 2.05) is 201 Å². The quantitative estimate of drug-likeness (QED) is 0.106. The summed E-state index contributed by atoms with van der Waals surface area (Å²) >= 11 is 5.25. The van der Waals surface area contributed by atoms with Gasteiger partial charge in [0.25, 0.3) is 28.2 Å². The van der Waals surface area contributed by atoms with Gasteiger partial charge in [0.1, 0.15) is 0 Å². The van der Waals surface area contributed by atoms with Crippen molar-refractivity contribution in [1.82, 2.24) is 19.9 Å². The highest BCUT2D eigenvalue weighted by Crippen LogP contribution is 2.53. The lowest BCUT2D eigenvalue weighted by Crippen LogP contribution is -2.08. The number of rotatable bonds is 4. The molecule has 8 aromatic carbocycles. The van der Waals surface area contributed by atoms with Crippen LogP contribution in [0.2, 0.25) is 0 Å². The third-order valence-corrected chi connectivity index (χ3v) is 17.0. The van der Waals surface area contributed by atoms with Gasteiger partial charge in [0.15, 0.2) is 0 Å². The minimum Gasteiger partial charge on any atom is -0.481 e. The second-order valence-corrected chi connectivity index (χ2v) is 23.9. The Hall–Kier alpha value is -9.49. The zero-order chi connectivity index (χ0) is 70.1. The van der Waals surface area contributed by atoms with Crippen LogP contribution >= 0.6 is 18.2 Å². The molecule has 0 aliphatic heterocycles. The van der Waals surface area contributed by atoms with Crippen molar-refractivity contribution in [2.45, 2.75) is 122 Å². The first-order valence-corrected chi connectivity index (χ1v) is 35.8. The zero-order valence-corrected chi connectivity index (χ0v) is 59.1. The van der Waals surface area contributed by atoms with Gasteiger partial charge in [-0.3, -0.25) is 33.0 Å². The van der Waals surface area contributed by atoms with E-state index in [9.17, 15) is 23.7 Å². The summed E-state index contributed by atoms with van der Waals surface area (Å²) in [5.74, 6) is -0.833. The molecule has 0 radical (unpaired) electrons. The smallest absolute Gasteiger partial charge is 0.424 e. The van der Waals surface area contributed by atoms with Gasteiger partial charge < -0.3 is 25.0 Å². The van der Waals surface area contributed by atoms with Gasteiger partial charge in [-0.25, -0.2) is 4.57 Å². The van der Waals surface area contributed by atoms with Crippen LogP contribution in [0.5, 0.6) is 0 Å². The summed E-state index contributed by atoms with van der Waals surface area (Å²) in [6.45, 7) is 22.1. The number of carboxylic acids is 1. The first-order chi connectivity index (χ1) is 46.6. The first kappa shape index (κ1) is 75.5. The number of aromatic amines is 4. The van der Waals surface area contributed by atoms with Crippen LogP contribution in [0, 0.1) is 0 Å². The highest BCUT2D eigenvalue weighted by Gasteiger charge is 2.26. The van der Waals surface area contributed by atoms with Crippen LogP contribution in [0.3, 0.4) is 0 Å². The minimum absolute atomic E-state index is 0.000975. The van der Waals surface area contributed by atoms with Crippen LogP contribution in [-0.2, 0) is 44.1 Å². The SMILES string of the molecule is CC.CC.CC.CC.CC(=O)O.CCC.CCOP(=O)(Cl)OCC.O=c1[nH]c2c(c3ccccc13)Cc1ccccc1-2.O=c1[nH]c2c(c3ccccc13)Cc1ccccc1-2.O=c1[nH]c2c(c3ccccc13)Cc1ccccc1-2.O=c1[nH]c2c(c3ccccc13)Cc1ccccc1-2. The predicted octanol–water partition coefficient (Wildman–Crippen LogP) is 20.4. The number of hydrogen-bond donors (Lipinski definition) is 5. The van der Waals surface area contributed by atoms with Crippen molar-refractivity contribution in [3.05, 3.63) is 280 Å². The van der Waals surface area contributed by atoms with E-state index >= 15 is 0 Å². The monoisotopic (exact) mass is 1330 g/mol. The summed E-state index contributed by atoms with van der Waals surface area (Å²) in [6, 6.07) is 64.4. The van der Waals surface area contributed by atoms with Gasteiger partial charge in [-0.15, -0.1) is 0 Å². The molecule has 16 rings (SSSR count). The van der Waals surface area contributed by atoms with Crippen LogP contribution in [0.25, 0.3) is 88.1 Å². The molecular formula is C81H90ClN4O9P. The Morgan fingerprint density at radius 2 is 0.531 bits per heavy atom. The molecule has 12 aromatic rings. The Balaban J connectivity index is 0.000000183. The summed E-state index contributed by atoms with van der Waals surface area (Å²) in [4.78, 5) is 69.5. The fourth-order valence-electron chi connectivity index (χ4n) is 11.8. The van der Waals surface area contributed by atoms with Crippen LogP contribution in [0.1, 0.15) is 141 Å². The first-order valence-electron chi connectivity index (χ1n) is 33.3. The normalized spacial score (nSPS) is 11.1. The molecule has 0 unspecified atom stereocenters. The summed E-state index contributed by atoms with van der Waals surface area (Å²) in [7, 11) is 0. The van der Waals surface area contributed by atoms with Gasteiger partial charge in [0.05, 0.1) is 36.0 Å². The molecule has 4 aliphatic rings. The number of carbonyl (C=O) groups is 1. The number of benzene rings is 8. The van der Waals surface area contributed by atoms with E-state index in [-0.39, 0.29) is 22.2 Å². The van der Waals surface area contributed by atoms with Crippen molar-refractivity contribution < 1.29 is 23.5 Å². The van der Waals surface area contributed by atoms with Gasteiger partial charge >= 0.3 is 6.95 Å². The Morgan fingerprint density at radius 1 is 0.365 bits per heavy atom.